The van der Waals surface area contributed by atoms with Crippen molar-refractivity contribution in [2.24, 2.45) is 0 Å². The van der Waals surface area contributed by atoms with Gasteiger partial charge in [-0.05, 0) is 12.7 Å². The SMILES string of the molecule is CSC1COC2(CNC2)C1. The Morgan fingerprint density at radius 2 is 2.40 bits per heavy atom. The van der Waals surface area contributed by atoms with Crippen LogP contribution in [0.3, 0.4) is 0 Å². The summed E-state index contributed by atoms with van der Waals surface area (Å²) in [5, 5.41) is 4.01. The summed E-state index contributed by atoms with van der Waals surface area (Å²) in [6, 6.07) is 0. The minimum Gasteiger partial charge on any atom is -0.371 e. The van der Waals surface area contributed by atoms with Gasteiger partial charge >= 0.3 is 0 Å². The second-order valence-corrected chi connectivity index (χ2v) is 4.30. The normalized spacial score (nSPS) is 36.3. The van der Waals surface area contributed by atoms with E-state index in [1.807, 2.05) is 11.8 Å². The Balaban J connectivity index is 1.92. The molecule has 10 heavy (non-hydrogen) atoms. The highest BCUT2D eigenvalue weighted by Crippen LogP contribution is 2.34. The minimum absolute atomic E-state index is 0.258. The van der Waals surface area contributed by atoms with Gasteiger partial charge in [0.2, 0.25) is 0 Å². The van der Waals surface area contributed by atoms with Crippen LogP contribution in [0.2, 0.25) is 0 Å². The fourth-order valence-corrected chi connectivity index (χ4v) is 2.28. The lowest BCUT2D eigenvalue weighted by Gasteiger charge is -2.38. The molecule has 2 saturated heterocycles. The summed E-state index contributed by atoms with van der Waals surface area (Å²) in [6.07, 6.45) is 3.42. The first-order chi connectivity index (χ1) is 4.85. The third kappa shape index (κ3) is 0.966. The molecular weight excluding hydrogens is 146 g/mol. The molecule has 58 valence electrons. The minimum atomic E-state index is 0.258. The van der Waals surface area contributed by atoms with Gasteiger partial charge in [0.25, 0.3) is 0 Å². The average Bonchev–Trinajstić information content (AvgIpc) is 2.29. The quantitative estimate of drug-likeness (QED) is 0.601. The molecule has 1 N–H and O–H groups in total. The van der Waals surface area contributed by atoms with Crippen molar-refractivity contribution in [1.29, 1.82) is 0 Å². The average molecular weight is 159 g/mol. The fraction of sp³-hybridized carbons (Fsp3) is 1.00. The van der Waals surface area contributed by atoms with Gasteiger partial charge in [0.05, 0.1) is 12.2 Å². The summed E-state index contributed by atoms with van der Waals surface area (Å²) in [7, 11) is 0. The maximum Gasteiger partial charge on any atom is 0.0941 e. The summed E-state index contributed by atoms with van der Waals surface area (Å²) in [5.41, 5.74) is 0.258. The maximum absolute atomic E-state index is 5.70. The summed E-state index contributed by atoms with van der Waals surface area (Å²) in [6.45, 7) is 3.11. The molecule has 0 aromatic rings. The van der Waals surface area contributed by atoms with Gasteiger partial charge in [0.15, 0.2) is 0 Å². The van der Waals surface area contributed by atoms with E-state index in [9.17, 15) is 0 Å². The monoisotopic (exact) mass is 159 g/mol. The van der Waals surface area contributed by atoms with E-state index in [-0.39, 0.29) is 5.60 Å². The van der Waals surface area contributed by atoms with Crippen LogP contribution in [0, 0.1) is 0 Å². The summed E-state index contributed by atoms with van der Waals surface area (Å²) >= 11 is 1.93. The summed E-state index contributed by atoms with van der Waals surface area (Å²) in [4.78, 5) is 0. The van der Waals surface area contributed by atoms with Crippen LogP contribution in [0.25, 0.3) is 0 Å². The van der Waals surface area contributed by atoms with Crippen LogP contribution in [-0.4, -0.2) is 36.8 Å². The fourth-order valence-electron chi connectivity index (χ4n) is 1.60. The molecule has 2 aliphatic rings. The molecule has 0 saturated carbocycles. The zero-order valence-electron chi connectivity index (χ0n) is 6.22. The lowest BCUT2D eigenvalue weighted by Crippen LogP contribution is -2.59. The van der Waals surface area contributed by atoms with Crippen LogP contribution in [0.15, 0.2) is 0 Å². The molecule has 0 aromatic carbocycles. The van der Waals surface area contributed by atoms with Crippen molar-refractivity contribution >= 4 is 11.8 Å². The predicted octanol–water partition coefficient (Wildman–Crippen LogP) is 0.480. The third-order valence-corrected chi connectivity index (χ3v) is 3.37. The molecule has 1 unspecified atom stereocenters. The van der Waals surface area contributed by atoms with Gasteiger partial charge in [0.1, 0.15) is 0 Å². The Kier molecular flexibility index (Phi) is 1.66. The van der Waals surface area contributed by atoms with E-state index in [4.69, 9.17) is 4.74 Å². The predicted molar refractivity (Wildman–Crippen MR) is 43.5 cm³/mol. The Bertz CT molecular complexity index is 136. The zero-order chi connectivity index (χ0) is 7.03. The molecule has 2 fully saturated rings. The number of rotatable bonds is 1. The van der Waals surface area contributed by atoms with Crippen LogP contribution in [-0.2, 0) is 4.74 Å². The van der Waals surface area contributed by atoms with Gasteiger partial charge < -0.3 is 10.1 Å². The molecule has 1 atom stereocenters. The largest absolute Gasteiger partial charge is 0.371 e. The Hall–Kier alpha value is 0.270. The van der Waals surface area contributed by atoms with Crippen LogP contribution >= 0.6 is 11.8 Å². The van der Waals surface area contributed by atoms with Crippen LogP contribution < -0.4 is 5.32 Å². The molecule has 2 nitrogen and oxygen atoms in total. The van der Waals surface area contributed by atoms with Gasteiger partial charge in [0, 0.05) is 18.3 Å². The molecule has 1 spiro atoms. The van der Waals surface area contributed by atoms with Crippen LogP contribution in [0.5, 0.6) is 0 Å². The van der Waals surface area contributed by atoms with Gasteiger partial charge in [-0.2, -0.15) is 11.8 Å². The highest BCUT2D eigenvalue weighted by atomic mass is 32.2. The molecule has 2 aliphatic heterocycles. The first-order valence-electron chi connectivity index (χ1n) is 3.72. The zero-order valence-corrected chi connectivity index (χ0v) is 7.04. The van der Waals surface area contributed by atoms with Crippen LogP contribution in [0.1, 0.15) is 6.42 Å². The highest BCUT2D eigenvalue weighted by Gasteiger charge is 2.44. The second-order valence-electron chi connectivity index (χ2n) is 3.16. The maximum atomic E-state index is 5.70. The van der Waals surface area contributed by atoms with E-state index in [1.165, 1.54) is 6.42 Å². The molecule has 0 amide bonds. The number of hydrogen-bond donors (Lipinski definition) is 1. The Morgan fingerprint density at radius 1 is 1.60 bits per heavy atom. The van der Waals surface area contributed by atoms with E-state index in [0.717, 1.165) is 24.9 Å². The summed E-state index contributed by atoms with van der Waals surface area (Å²) in [5.74, 6) is 0. The molecule has 2 heterocycles. The molecule has 2 rings (SSSR count). The van der Waals surface area contributed by atoms with E-state index >= 15 is 0 Å². The molecule has 0 bridgehead atoms. The summed E-state index contributed by atoms with van der Waals surface area (Å²) < 4.78 is 5.70. The lowest BCUT2D eigenvalue weighted by molar-refractivity contribution is -0.0357. The molecule has 0 aromatic heterocycles. The third-order valence-electron chi connectivity index (χ3n) is 2.40. The molecule has 3 heteroatoms. The van der Waals surface area contributed by atoms with Crippen molar-refractivity contribution in [2.75, 3.05) is 26.0 Å². The first-order valence-corrected chi connectivity index (χ1v) is 5.01. The van der Waals surface area contributed by atoms with Crippen LogP contribution in [0.4, 0.5) is 0 Å². The second kappa shape index (κ2) is 2.40. The highest BCUT2D eigenvalue weighted by molar-refractivity contribution is 7.99. The Morgan fingerprint density at radius 3 is 2.70 bits per heavy atom. The lowest BCUT2D eigenvalue weighted by atomic mass is 9.94. The van der Waals surface area contributed by atoms with E-state index in [0.29, 0.717) is 0 Å². The van der Waals surface area contributed by atoms with Crippen molar-refractivity contribution in [2.45, 2.75) is 17.3 Å². The van der Waals surface area contributed by atoms with E-state index in [2.05, 4.69) is 11.6 Å². The van der Waals surface area contributed by atoms with E-state index < -0.39 is 0 Å². The Labute approximate surface area is 65.7 Å². The number of ether oxygens (including phenoxy) is 1. The van der Waals surface area contributed by atoms with Crippen molar-refractivity contribution in [1.82, 2.24) is 5.32 Å². The first kappa shape index (κ1) is 6.95. The molecule has 0 aliphatic carbocycles. The molecule has 0 radical (unpaired) electrons. The van der Waals surface area contributed by atoms with E-state index in [1.54, 1.807) is 0 Å². The smallest absolute Gasteiger partial charge is 0.0941 e. The van der Waals surface area contributed by atoms with Crippen molar-refractivity contribution < 1.29 is 4.74 Å². The topological polar surface area (TPSA) is 21.3 Å². The van der Waals surface area contributed by atoms with Crippen molar-refractivity contribution in [3.05, 3.63) is 0 Å². The van der Waals surface area contributed by atoms with Crippen molar-refractivity contribution in [3.63, 3.8) is 0 Å². The number of thioether (sulfide) groups is 1. The molecular formula is C7H13NOS. The standard InChI is InChI=1S/C7H13NOS/c1-10-6-2-7(9-3-6)4-8-5-7/h6,8H,2-5H2,1H3. The van der Waals surface area contributed by atoms with Gasteiger partial charge in [-0.3, -0.25) is 0 Å². The van der Waals surface area contributed by atoms with Crippen molar-refractivity contribution in [3.8, 4) is 0 Å². The van der Waals surface area contributed by atoms with Gasteiger partial charge in [-0.25, -0.2) is 0 Å². The van der Waals surface area contributed by atoms with Gasteiger partial charge in [-0.1, -0.05) is 0 Å². The van der Waals surface area contributed by atoms with Gasteiger partial charge in [-0.15, -0.1) is 0 Å². The number of nitrogens with one attached hydrogen (secondary N) is 1. The number of hydrogen-bond acceptors (Lipinski definition) is 3.